The van der Waals surface area contributed by atoms with E-state index in [-0.39, 0.29) is 13.2 Å². The van der Waals surface area contributed by atoms with Gasteiger partial charge in [-0.2, -0.15) is 0 Å². The lowest BCUT2D eigenvalue weighted by atomic mass is 10.1. The molecule has 0 radical (unpaired) electrons. The topological polar surface area (TPSA) is 76.7 Å². The molecule has 4 aromatic rings. The second-order valence-electron chi connectivity index (χ2n) is 7.58. The molecule has 0 atom stereocenters. The van der Waals surface area contributed by atoms with Crippen LogP contribution in [0.3, 0.4) is 0 Å². The molecule has 0 unspecified atom stereocenters. The first kappa shape index (κ1) is 24.0. The van der Waals surface area contributed by atoms with E-state index >= 15 is 0 Å². The molecule has 7 heteroatoms. The van der Waals surface area contributed by atoms with Crippen LogP contribution in [0.15, 0.2) is 108 Å². The number of rotatable bonds is 8. The van der Waals surface area contributed by atoms with Crippen molar-refractivity contribution in [3.8, 4) is 33.8 Å². The van der Waals surface area contributed by atoms with Crippen LogP contribution >= 0.6 is 15.9 Å². The first-order valence-corrected chi connectivity index (χ1v) is 11.7. The van der Waals surface area contributed by atoms with Crippen LogP contribution < -0.4 is 20.3 Å². The summed E-state index contributed by atoms with van der Waals surface area (Å²) in [6, 6.07) is 33.0. The minimum absolute atomic E-state index is 0.238. The number of hydrazine groups is 1. The lowest BCUT2D eigenvalue weighted by Gasteiger charge is -2.11. The Morgan fingerprint density at radius 3 is 1.66 bits per heavy atom. The van der Waals surface area contributed by atoms with Gasteiger partial charge >= 0.3 is 0 Å². The van der Waals surface area contributed by atoms with Gasteiger partial charge in [-0.3, -0.25) is 20.4 Å². The molecule has 0 saturated heterocycles. The molecule has 0 spiro atoms. The molecule has 0 bridgehead atoms. The van der Waals surface area contributed by atoms with Crippen LogP contribution in [0.4, 0.5) is 0 Å². The number of amides is 2. The number of carbonyl (C=O) groups is 2. The fraction of sp³-hybridized carbons (Fsp3) is 0.0714. The summed E-state index contributed by atoms with van der Waals surface area (Å²) in [5, 5.41) is 0. The molecule has 0 aromatic heterocycles. The van der Waals surface area contributed by atoms with Gasteiger partial charge in [0.15, 0.2) is 13.2 Å². The Balaban J connectivity index is 1.19. The molecular formula is C28H23BrN2O4. The first-order chi connectivity index (χ1) is 17.1. The summed E-state index contributed by atoms with van der Waals surface area (Å²) in [7, 11) is 0. The normalized spacial score (nSPS) is 10.3. The monoisotopic (exact) mass is 530 g/mol. The van der Waals surface area contributed by atoms with E-state index in [0.29, 0.717) is 11.5 Å². The Hall–Kier alpha value is -4.10. The summed E-state index contributed by atoms with van der Waals surface area (Å²) in [5.41, 5.74) is 8.89. The molecule has 0 aliphatic carbocycles. The maximum absolute atomic E-state index is 12.1. The highest BCUT2D eigenvalue weighted by Gasteiger charge is 2.09. The number of benzene rings is 4. The highest BCUT2D eigenvalue weighted by molar-refractivity contribution is 9.10. The molecule has 176 valence electrons. The van der Waals surface area contributed by atoms with Gasteiger partial charge in [0, 0.05) is 0 Å². The predicted octanol–water partition coefficient (Wildman–Crippen LogP) is 5.39. The van der Waals surface area contributed by atoms with Crippen LogP contribution in [0.2, 0.25) is 0 Å². The van der Waals surface area contributed by atoms with Gasteiger partial charge in [0.1, 0.15) is 11.5 Å². The van der Waals surface area contributed by atoms with Crippen molar-refractivity contribution in [2.24, 2.45) is 0 Å². The zero-order valence-corrected chi connectivity index (χ0v) is 20.3. The number of ether oxygens (including phenoxy) is 2. The molecule has 0 fully saturated rings. The summed E-state index contributed by atoms with van der Waals surface area (Å²) in [6.07, 6.45) is 0. The van der Waals surface area contributed by atoms with Crippen LogP contribution in [-0.2, 0) is 9.59 Å². The molecule has 4 rings (SSSR count). The number of hydrogen-bond donors (Lipinski definition) is 2. The lowest BCUT2D eigenvalue weighted by molar-refractivity contribution is -0.131. The van der Waals surface area contributed by atoms with Gasteiger partial charge in [-0.25, -0.2) is 0 Å². The van der Waals surface area contributed by atoms with Gasteiger partial charge in [-0.05, 0) is 62.4 Å². The van der Waals surface area contributed by atoms with E-state index in [1.165, 1.54) is 0 Å². The number of carbonyl (C=O) groups excluding carboxylic acids is 2. The number of hydrogen-bond acceptors (Lipinski definition) is 4. The van der Waals surface area contributed by atoms with Gasteiger partial charge in [-0.15, -0.1) is 0 Å². The second kappa shape index (κ2) is 11.9. The zero-order valence-electron chi connectivity index (χ0n) is 18.7. The van der Waals surface area contributed by atoms with Gasteiger partial charge in [0.05, 0.1) is 4.47 Å². The Labute approximate surface area is 212 Å². The van der Waals surface area contributed by atoms with E-state index in [1.807, 2.05) is 84.9 Å². The number of nitrogens with one attached hydrogen (secondary N) is 2. The fourth-order valence-corrected chi connectivity index (χ4v) is 3.80. The van der Waals surface area contributed by atoms with Crippen LogP contribution in [0.25, 0.3) is 22.3 Å². The van der Waals surface area contributed by atoms with Gasteiger partial charge in [0.2, 0.25) is 0 Å². The average Bonchev–Trinajstić information content (AvgIpc) is 2.91. The van der Waals surface area contributed by atoms with E-state index < -0.39 is 11.8 Å². The standard InChI is InChI=1S/C28H23BrN2O4/c29-25-17-23(21-9-5-2-6-10-21)13-16-26(25)35-19-28(33)31-30-27(32)18-34-24-14-11-22(12-15-24)20-7-3-1-4-8-20/h1-17H,18-19H2,(H,30,32)(H,31,33). The molecule has 2 N–H and O–H groups in total. The molecule has 0 aliphatic heterocycles. The Morgan fingerprint density at radius 2 is 1.09 bits per heavy atom. The van der Waals surface area contributed by atoms with Crippen molar-refractivity contribution in [3.63, 3.8) is 0 Å². The molecule has 4 aromatic carbocycles. The lowest BCUT2D eigenvalue weighted by Crippen LogP contribution is -2.45. The third kappa shape index (κ3) is 6.94. The molecule has 35 heavy (non-hydrogen) atoms. The fourth-order valence-electron chi connectivity index (χ4n) is 3.31. The highest BCUT2D eigenvalue weighted by atomic mass is 79.9. The highest BCUT2D eigenvalue weighted by Crippen LogP contribution is 2.30. The Bertz CT molecular complexity index is 1280. The Morgan fingerprint density at radius 1 is 0.600 bits per heavy atom. The van der Waals surface area contributed by atoms with Crippen molar-refractivity contribution in [1.82, 2.24) is 10.9 Å². The molecular weight excluding hydrogens is 508 g/mol. The van der Waals surface area contributed by atoms with Crippen LogP contribution in [0, 0.1) is 0 Å². The predicted molar refractivity (Wildman–Crippen MR) is 139 cm³/mol. The zero-order chi connectivity index (χ0) is 24.5. The maximum atomic E-state index is 12.1. The molecule has 0 saturated carbocycles. The van der Waals surface area contributed by atoms with Crippen molar-refractivity contribution < 1.29 is 19.1 Å². The maximum Gasteiger partial charge on any atom is 0.276 e. The third-order valence-electron chi connectivity index (χ3n) is 5.07. The first-order valence-electron chi connectivity index (χ1n) is 10.9. The minimum atomic E-state index is -0.496. The van der Waals surface area contributed by atoms with Crippen LogP contribution in [0.1, 0.15) is 0 Å². The van der Waals surface area contributed by atoms with E-state index in [2.05, 4.69) is 26.8 Å². The van der Waals surface area contributed by atoms with Crippen LogP contribution in [0.5, 0.6) is 11.5 Å². The molecule has 0 heterocycles. The SMILES string of the molecule is O=C(COc1ccc(-c2ccccc2)cc1)NNC(=O)COc1ccc(-c2ccccc2)cc1Br. The number of halogens is 1. The van der Waals surface area contributed by atoms with E-state index in [9.17, 15) is 9.59 Å². The summed E-state index contributed by atoms with van der Waals surface area (Å²) in [4.78, 5) is 24.1. The van der Waals surface area contributed by atoms with E-state index in [0.717, 1.165) is 26.7 Å². The van der Waals surface area contributed by atoms with Crippen molar-refractivity contribution in [3.05, 3.63) is 108 Å². The van der Waals surface area contributed by atoms with Crippen LogP contribution in [-0.4, -0.2) is 25.0 Å². The molecule has 6 nitrogen and oxygen atoms in total. The van der Waals surface area contributed by atoms with Crippen molar-refractivity contribution >= 4 is 27.7 Å². The van der Waals surface area contributed by atoms with Crippen molar-refractivity contribution in [1.29, 1.82) is 0 Å². The van der Waals surface area contributed by atoms with Gasteiger partial charge in [-0.1, -0.05) is 78.9 Å². The van der Waals surface area contributed by atoms with Crippen molar-refractivity contribution in [2.75, 3.05) is 13.2 Å². The quantitative estimate of drug-likeness (QED) is 0.299. The summed E-state index contributed by atoms with van der Waals surface area (Å²) >= 11 is 3.47. The molecule has 2 amide bonds. The average molecular weight is 531 g/mol. The smallest absolute Gasteiger partial charge is 0.276 e. The summed E-state index contributed by atoms with van der Waals surface area (Å²) < 4.78 is 11.8. The Kier molecular flexibility index (Phi) is 8.14. The van der Waals surface area contributed by atoms with Gasteiger partial charge < -0.3 is 9.47 Å². The largest absolute Gasteiger partial charge is 0.484 e. The minimum Gasteiger partial charge on any atom is -0.484 e. The summed E-state index contributed by atoms with van der Waals surface area (Å²) in [5.74, 6) is 0.0928. The summed E-state index contributed by atoms with van der Waals surface area (Å²) in [6.45, 7) is -0.496. The van der Waals surface area contributed by atoms with Crippen molar-refractivity contribution in [2.45, 2.75) is 0 Å². The van der Waals surface area contributed by atoms with E-state index in [1.54, 1.807) is 18.2 Å². The van der Waals surface area contributed by atoms with Gasteiger partial charge in [0.25, 0.3) is 11.8 Å². The second-order valence-corrected chi connectivity index (χ2v) is 8.43. The third-order valence-corrected chi connectivity index (χ3v) is 5.69. The molecule has 0 aliphatic rings. The van der Waals surface area contributed by atoms with E-state index in [4.69, 9.17) is 9.47 Å².